The highest BCUT2D eigenvalue weighted by Crippen LogP contribution is 2.15. The van der Waals surface area contributed by atoms with Crippen LogP contribution in [-0.2, 0) is 0 Å². The summed E-state index contributed by atoms with van der Waals surface area (Å²) in [7, 11) is 4.07. The molecule has 0 aromatic carbocycles. The minimum absolute atomic E-state index is 1.10. The predicted octanol–water partition coefficient (Wildman–Crippen LogP) is 2.33. The molecule has 0 amide bonds. The van der Waals surface area contributed by atoms with Crippen LogP contribution in [0.1, 0.15) is 6.92 Å². The Kier molecular flexibility index (Phi) is 4.28. The van der Waals surface area contributed by atoms with Gasteiger partial charge in [-0.2, -0.15) is 0 Å². The fourth-order valence-electron chi connectivity index (χ4n) is 0.581. The molecule has 10 heavy (non-hydrogen) atoms. The lowest BCUT2D eigenvalue weighted by molar-refractivity contribution is 0.550. The van der Waals surface area contributed by atoms with Gasteiger partial charge in [-0.15, -0.1) is 11.8 Å². The van der Waals surface area contributed by atoms with Crippen molar-refractivity contribution in [2.45, 2.75) is 6.92 Å². The number of rotatable bonds is 3. The molecule has 0 unspecified atom stereocenters. The maximum atomic E-state index is 3.81. The second kappa shape index (κ2) is 4.45. The largest absolute Gasteiger partial charge is 0.373 e. The SMILES string of the molecule is C=C(C)/C=C(/SC)N(C)C. The van der Waals surface area contributed by atoms with Crippen LogP contribution >= 0.6 is 11.8 Å². The van der Waals surface area contributed by atoms with Crippen molar-refractivity contribution in [2.24, 2.45) is 0 Å². The molecular weight excluding hydrogens is 142 g/mol. The summed E-state index contributed by atoms with van der Waals surface area (Å²) in [5, 5.41) is 1.24. The molecular formula is C8H15NS. The first kappa shape index (κ1) is 9.63. The molecule has 0 aliphatic carbocycles. The topological polar surface area (TPSA) is 3.24 Å². The lowest BCUT2D eigenvalue weighted by Gasteiger charge is -2.14. The van der Waals surface area contributed by atoms with Gasteiger partial charge in [-0.1, -0.05) is 12.2 Å². The van der Waals surface area contributed by atoms with E-state index in [1.54, 1.807) is 11.8 Å². The van der Waals surface area contributed by atoms with Crippen LogP contribution in [0.25, 0.3) is 0 Å². The van der Waals surface area contributed by atoms with E-state index < -0.39 is 0 Å². The molecule has 0 aromatic heterocycles. The average Bonchev–Trinajstić information content (AvgIpc) is 1.81. The Morgan fingerprint density at radius 2 is 2.00 bits per heavy atom. The van der Waals surface area contributed by atoms with Gasteiger partial charge in [0.05, 0.1) is 5.03 Å². The Bertz CT molecular complexity index is 147. The summed E-state index contributed by atoms with van der Waals surface area (Å²) in [4.78, 5) is 2.08. The van der Waals surface area contributed by atoms with E-state index in [1.165, 1.54) is 5.03 Å². The summed E-state index contributed by atoms with van der Waals surface area (Å²) < 4.78 is 0. The van der Waals surface area contributed by atoms with Gasteiger partial charge in [-0.3, -0.25) is 0 Å². The minimum Gasteiger partial charge on any atom is -0.373 e. The van der Waals surface area contributed by atoms with E-state index in [0.717, 1.165) is 5.57 Å². The van der Waals surface area contributed by atoms with Gasteiger partial charge in [-0.05, 0) is 19.3 Å². The second-order valence-electron chi connectivity index (χ2n) is 2.43. The third-order valence-corrected chi connectivity index (χ3v) is 1.92. The van der Waals surface area contributed by atoms with Crippen molar-refractivity contribution < 1.29 is 0 Å². The van der Waals surface area contributed by atoms with E-state index in [0.29, 0.717) is 0 Å². The molecule has 0 saturated heterocycles. The second-order valence-corrected chi connectivity index (χ2v) is 3.25. The average molecular weight is 157 g/mol. The molecule has 0 aliphatic heterocycles. The summed E-state index contributed by atoms with van der Waals surface area (Å²) in [5.74, 6) is 0. The van der Waals surface area contributed by atoms with Crippen molar-refractivity contribution in [1.29, 1.82) is 0 Å². The minimum atomic E-state index is 1.10. The van der Waals surface area contributed by atoms with Crippen molar-refractivity contribution >= 4 is 11.8 Å². The van der Waals surface area contributed by atoms with E-state index >= 15 is 0 Å². The van der Waals surface area contributed by atoms with Crippen LogP contribution < -0.4 is 0 Å². The first-order valence-electron chi connectivity index (χ1n) is 3.16. The van der Waals surface area contributed by atoms with Crippen LogP contribution in [0, 0.1) is 0 Å². The third kappa shape index (κ3) is 3.62. The Balaban J connectivity index is 4.18. The smallest absolute Gasteiger partial charge is 0.0701 e. The molecule has 0 saturated carbocycles. The van der Waals surface area contributed by atoms with Gasteiger partial charge in [0, 0.05) is 14.1 Å². The number of nitrogens with zero attached hydrogens (tertiary/aromatic N) is 1. The molecule has 0 aliphatic rings. The Morgan fingerprint density at radius 1 is 1.50 bits per heavy atom. The van der Waals surface area contributed by atoms with E-state index in [9.17, 15) is 0 Å². The number of hydrogen-bond acceptors (Lipinski definition) is 2. The summed E-state index contributed by atoms with van der Waals surface area (Å²) in [5.41, 5.74) is 1.10. The highest BCUT2D eigenvalue weighted by molar-refractivity contribution is 8.02. The molecule has 0 aromatic rings. The molecule has 0 radical (unpaired) electrons. The molecule has 0 bridgehead atoms. The Hall–Kier alpha value is -0.370. The lowest BCUT2D eigenvalue weighted by Crippen LogP contribution is -2.07. The normalized spacial score (nSPS) is 11.4. The molecule has 0 atom stereocenters. The van der Waals surface area contributed by atoms with Gasteiger partial charge < -0.3 is 4.90 Å². The zero-order chi connectivity index (χ0) is 8.15. The number of allylic oxidation sites excluding steroid dienone is 2. The Labute approximate surface area is 67.8 Å². The van der Waals surface area contributed by atoms with Crippen LogP contribution in [0.5, 0.6) is 0 Å². The predicted molar refractivity (Wildman–Crippen MR) is 50.1 cm³/mol. The summed E-state index contributed by atoms with van der Waals surface area (Å²) in [6, 6.07) is 0. The summed E-state index contributed by atoms with van der Waals surface area (Å²) in [6.45, 7) is 5.81. The maximum Gasteiger partial charge on any atom is 0.0701 e. The molecule has 0 heterocycles. The van der Waals surface area contributed by atoms with Gasteiger partial charge in [0.2, 0.25) is 0 Å². The van der Waals surface area contributed by atoms with E-state index in [-0.39, 0.29) is 0 Å². The zero-order valence-corrected chi connectivity index (χ0v) is 7.96. The van der Waals surface area contributed by atoms with Crippen LogP contribution in [0.3, 0.4) is 0 Å². The molecule has 1 nitrogen and oxygen atoms in total. The standard InChI is InChI=1S/C8H15NS/c1-7(2)6-8(10-5)9(3)4/h6H,1H2,2-5H3/b8-6+. The molecule has 58 valence electrons. The van der Waals surface area contributed by atoms with Crippen LogP contribution in [0.15, 0.2) is 23.3 Å². The van der Waals surface area contributed by atoms with Crippen molar-refractivity contribution in [1.82, 2.24) is 4.90 Å². The number of thioether (sulfide) groups is 1. The molecule has 0 fully saturated rings. The third-order valence-electron chi connectivity index (χ3n) is 1.02. The quantitative estimate of drug-likeness (QED) is 0.578. The molecule has 0 N–H and O–H groups in total. The van der Waals surface area contributed by atoms with Gasteiger partial charge in [0.15, 0.2) is 0 Å². The highest BCUT2D eigenvalue weighted by atomic mass is 32.2. The van der Waals surface area contributed by atoms with Crippen LogP contribution in [0.2, 0.25) is 0 Å². The van der Waals surface area contributed by atoms with Gasteiger partial charge in [0.1, 0.15) is 0 Å². The van der Waals surface area contributed by atoms with Crippen molar-refractivity contribution in [3.05, 3.63) is 23.3 Å². The van der Waals surface area contributed by atoms with Crippen molar-refractivity contribution in [3.8, 4) is 0 Å². The summed E-state index contributed by atoms with van der Waals surface area (Å²) in [6.07, 6.45) is 4.14. The van der Waals surface area contributed by atoms with Crippen LogP contribution in [0.4, 0.5) is 0 Å². The lowest BCUT2D eigenvalue weighted by atomic mass is 10.3. The first-order chi connectivity index (χ1) is 4.57. The Morgan fingerprint density at radius 3 is 2.10 bits per heavy atom. The molecule has 0 spiro atoms. The van der Waals surface area contributed by atoms with Crippen molar-refractivity contribution in [3.63, 3.8) is 0 Å². The van der Waals surface area contributed by atoms with Crippen molar-refractivity contribution in [2.75, 3.05) is 20.4 Å². The number of hydrogen-bond donors (Lipinski definition) is 0. The van der Waals surface area contributed by atoms with Gasteiger partial charge >= 0.3 is 0 Å². The zero-order valence-electron chi connectivity index (χ0n) is 7.14. The molecule has 2 heteroatoms. The first-order valence-corrected chi connectivity index (χ1v) is 4.39. The molecule has 0 rings (SSSR count). The van der Waals surface area contributed by atoms with E-state index in [4.69, 9.17) is 0 Å². The van der Waals surface area contributed by atoms with Gasteiger partial charge in [-0.25, -0.2) is 0 Å². The van der Waals surface area contributed by atoms with E-state index in [1.807, 2.05) is 21.0 Å². The fourth-order valence-corrected chi connectivity index (χ4v) is 1.27. The van der Waals surface area contributed by atoms with Crippen LogP contribution in [-0.4, -0.2) is 25.3 Å². The maximum absolute atomic E-state index is 3.81. The highest BCUT2D eigenvalue weighted by Gasteiger charge is 1.94. The summed E-state index contributed by atoms with van der Waals surface area (Å²) >= 11 is 1.73. The monoisotopic (exact) mass is 157 g/mol. The van der Waals surface area contributed by atoms with E-state index in [2.05, 4.69) is 23.8 Å². The van der Waals surface area contributed by atoms with Gasteiger partial charge in [0.25, 0.3) is 0 Å². The fraction of sp³-hybridized carbons (Fsp3) is 0.500.